The first kappa shape index (κ1) is 13.5. The van der Waals surface area contributed by atoms with Crippen molar-refractivity contribution >= 4 is 5.91 Å². The van der Waals surface area contributed by atoms with Gasteiger partial charge in [0.05, 0.1) is 13.0 Å². The SMILES string of the molecule is CCOCCC(=O)N(C)CC1CCNCC1. The van der Waals surface area contributed by atoms with E-state index in [-0.39, 0.29) is 5.91 Å². The predicted octanol–water partition coefficient (Wildman–Crippen LogP) is 0.871. The van der Waals surface area contributed by atoms with Crippen LogP contribution in [0.4, 0.5) is 0 Å². The van der Waals surface area contributed by atoms with Gasteiger partial charge in [-0.15, -0.1) is 0 Å². The zero-order chi connectivity index (χ0) is 11.8. The molecule has 1 N–H and O–H groups in total. The summed E-state index contributed by atoms with van der Waals surface area (Å²) in [5.41, 5.74) is 0. The Bertz CT molecular complexity index is 203. The summed E-state index contributed by atoms with van der Waals surface area (Å²) < 4.78 is 5.19. The molecule has 0 radical (unpaired) electrons. The van der Waals surface area contributed by atoms with Crippen LogP contribution in [0, 0.1) is 5.92 Å². The van der Waals surface area contributed by atoms with Crippen molar-refractivity contribution in [3.8, 4) is 0 Å². The molecule has 0 aromatic rings. The van der Waals surface area contributed by atoms with Crippen molar-refractivity contribution in [2.75, 3.05) is 39.9 Å². The maximum Gasteiger partial charge on any atom is 0.224 e. The highest BCUT2D eigenvalue weighted by Gasteiger charge is 2.17. The highest BCUT2D eigenvalue weighted by molar-refractivity contribution is 5.75. The Kier molecular flexibility index (Phi) is 6.42. The van der Waals surface area contributed by atoms with Crippen LogP contribution in [0.3, 0.4) is 0 Å². The third kappa shape index (κ3) is 4.94. The summed E-state index contributed by atoms with van der Waals surface area (Å²) in [5, 5.41) is 3.34. The third-order valence-corrected chi connectivity index (χ3v) is 3.08. The van der Waals surface area contributed by atoms with Crippen molar-refractivity contribution in [2.45, 2.75) is 26.2 Å². The van der Waals surface area contributed by atoms with E-state index in [9.17, 15) is 4.79 Å². The molecule has 1 heterocycles. The molecule has 0 spiro atoms. The van der Waals surface area contributed by atoms with Gasteiger partial charge in [0.25, 0.3) is 0 Å². The lowest BCUT2D eigenvalue weighted by molar-refractivity contribution is -0.131. The normalized spacial score (nSPS) is 17.4. The molecule has 0 saturated carbocycles. The van der Waals surface area contributed by atoms with E-state index in [1.165, 1.54) is 12.8 Å². The van der Waals surface area contributed by atoms with Gasteiger partial charge in [0, 0.05) is 20.2 Å². The largest absolute Gasteiger partial charge is 0.381 e. The number of nitrogens with zero attached hydrogens (tertiary/aromatic N) is 1. The Morgan fingerprint density at radius 1 is 1.44 bits per heavy atom. The second kappa shape index (κ2) is 7.63. The van der Waals surface area contributed by atoms with Crippen LogP contribution in [0.5, 0.6) is 0 Å². The topological polar surface area (TPSA) is 41.6 Å². The quantitative estimate of drug-likeness (QED) is 0.686. The van der Waals surface area contributed by atoms with Crippen LogP contribution in [0.15, 0.2) is 0 Å². The molecule has 0 aliphatic carbocycles. The first-order valence-electron chi connectivity index (χ1n) is 6.26. The fourth-order valence-electron chi connectivity index (χ4n) is 2.05. The number of carbonyl (C=O) groups excluding carboxylic acids is 1. The number of rotatable bonds is 6. The maximum absolute atomic E-state index is 11.7. The van der Waals surface area contributed by atoms with E-state index in [0.717, 1.165) is 19.6 Å². The van der Waals surface area contributed by atoms with Crippen LogP contribution < -0.4 is 5.32 Å². The van der Waals surface area contributed by atoms with Crippen molar-refractivity contribution in [1.29, 1.82) is 0 Å². The smallest absolute Gasteiger partial charge is 0.224 e. The van der Waals surface area contributed by atoms with Gasteiger partial charge >= 0.3 is 0 Å². The van der Waals surface area contributed by atoms with E-state index in [2.05, 4.69) is 5.32 Å². The standard InChI is InChI=1S/C12H24N2O2/c1-3-16-9-6-12(15)14(2)10-11-4-7-13-8-5-11/h11,13H,3-10H2,1-2H3. The zero-order valence-electron chi connectivity index (χ0n) is 10.5. The van der Waals surface area contributed by atoms with E-state index in [4.69, 9.17) is 4.74 Å². The summed E-state index contributed by atoms with van der Waals surface area (Å²) in [6.07, 6.45) is 2.88. The molecule has 0 unspecified atom stereocenters. The van der Waals surface area contributed by atoms with Crippen molar-refractivity contribution < 1.29 is 9.53 Å². The van der Waals surface area contributed by atoms with Crippen LogP contribution in [0.25, 0.3) is 0 Å². The van der Waals surface area contributed by atoms with Crippen molar-refractivity contribution in [3.63, 3.8) is 0 Å². The summed E-state index contributed by atoms with van der Waals surface area (Å²) >= 11 is 0. The molecule has 0 bridgehead atoms. The van der Waals surface area contributed by atoms with Gasteiger partial charge in [-0.1, -0.05) is 0 Å². The Hall–Kier alpha value is -0.610. The molecular weight excluding hydrogens is 204 g/mol. The highest BCUT2D eigenvalue weighted by atomic mass is 16.5. The van der Waals surface area contributed by atoms with E-state index >= 15 is 0 Å². The second-order valence-corrected chi connectivity index (χ2v) is 4.41. The Balaban J connectivity index is 2.16. The van der Waals surface area contributed by atoms with Gasteiger partial charge in [0.1, 0.15) is 0 Å². The first-order chi connectivity index (χ1) is 7.74. The highest BCUT2D eigenvalue weighted by Crippen LogP contribution is 2.12. The van der Waals surface area contributed by atoms with Crippen molar-refractivity contribution in [3.05, 3.63) is 0 Å². The average Bonchev–Trinajstić information content (AvgIpc) is 2.30. The Labute approximate surface area is 98.3 Å². The molecule has 1 rings (SSSR count). The minimum absolute atomic E-state index is 0.201. The molecule has 1 aliphatic heterocycles. The molecule has 1 saturated heterocycles. The number of amides is 1. The third-order valence-electron chi connectivity index (χ3n) is 3.08. The van der Waals surface area contributed by atoms with Gasteiger partial charge in [0.15, 0.2) is 0 Å². The minimum Gasteiger partial charge on any atom is -0.381 e. The number of piperidine rings is 1. The lowest BCUT2D eigenvalue weighted by atomic mass is 9.97. The molecule has 0 atom stereocenters. The summed E-state index contributed by atoms with van der Waals surface area (Å²) in [7, 11) is 1.90. The molecule has 0 aromatic carbocycles. The van der Waals surface area contributed by atoms with Gasteiger partial charge in [-0.2, -0.15) is 0 Å². The number of nitrogens with one attached hydrogen (secondary N) is 1. The zero-order valence-corrected chi connectivity index (χ0v) is 10.5. The molecule has 1 amide bonds. The number of hydrogen-bond donors (Lipinski definition) is 1. The van der Waals surface area contributed by atoms with Crippen LogP contribution in [0.2, 0.25) is 0 Å². The lowest BCUT2D eigenvalue weighted by Gasteiger charge is -2.27. The molecule has 94 valence electrons. The monoisotopic (exact) mass is 228 g/mol. The van der Waals surface area contributed by atoms with E-state index in [1.807, 2.05) is 18.9 Å². The van der Waals surface area contributed by atoms with Crippen LogP contribution in [-0.2, 0) is 9.53 Å². The van der Waals surface area contributed by atoms with Gasteiger partial charge < -0.3 is 15.0 Å². The Morgan fingerprint density at radius 3 is 2.75 bits per heavy atom. The second-order valence-electron chi connectivity index (χ2n) is 4.41. The van der Waals surface area contributed by atoms with E-state index in [0.29, 0.717) is 25.6 Å². The van der Waals surface area contributed by atoms with Crippen LogP contribution >= 0.6 is 0 Å². The van der Waals surface area contributed by atoms with Gasteiger partial charge in [-0.05, 0) is 38.8 Å². The minimum atomic E-state index is 0.201. The van der Waals surface area contributed by atoms with E-state index < -0.39 is 0 Å². The average molecular weight is 228 g/mol. The lowest BCUT2D eigenvalue weighted by Crippen LogP contribution is -2.37. The van der Waals surface area contributed by atoms with Gasteiger partial charge in [-0.25, -0.2) is 0 Å². The van der Waals surface area contributed by atoms with Crippen LogP contribution in [-0.4, -0.2) is 50.7 Å². The predicted molar refractivity (Wildman–Crippen MR) is 64.3 cm³/mol. The summed E-state index contributed by atoms with van der Waals surface area (Å²) in [4.78, 5) is 13.6. The first-order valence-corrected chi connectivity index (χ1v) is 6.26. The fraction of sp³-hybridized carbons (Fsp3) is 0.917. The van der Waals surface area contributed by atoms with Gasteiger partial charge in [-0.3, -0.25) is 4.79 Å². The molecule has 4 nitrogen and oxygen atoms in total. The number of ether oxygens (including phenoxy) is 1. The summed E-state index contributed by atoms with van der Waals surface area (Å²) in [6, 6.07) is 0. The maximum atomic E-state index is 11.7. The molecule has 16 heavy (non-hydrogen) atoms. The molecule has 4 heteroatoms. The molecule has 0 aromatic heterocycles. The van der Waals surface area contributed by atoms with Crippen molar-refractivity contribution in [1.82, 2.24) is 10.2 Å². The summed E-state index contributed by atoms with van der Waals surface area (Å²) in [5.74, 6) is 0.870. The molecule has 1 fully saturated rings. The summed E-state index contributed by atoms with van der Waals surface area (Å²) in [6.45, 7) is 6.25. The van der Waals surface area contributed by atoms with E-state index in [1.54, 1.807) is 0 Å². The fourth-order valence-corrected chi connectivity index (χ4v) is 2.05. The number of carbonyl (C=O) groups is 1. The van der Waals surface area contributed by atoms with Crippen molar-refractivity contribution in [2.24, 2.45) is 5.92 Å². The molecule has 1 aliphatic rings. The van der Waals surface area contributed by atoms with Gasteiger partial charge in [0.2, 0.25) is 5.91 Å². The number of hydrogen-bond acceptors (Lipinski definition) is 3. The van der Waals surface area contributed by atoms with Crippen LogP contribution in [0.1, 0.15) is 26.2 Å². The molecular formula is C12H24N2O2. The Morgan fingerprint density at radius 2 is 2.12 bits per heavy atom.